The highest BCUT2D eigenvalue weighted by atomic mass is 19.4. The summed E-state index contributed by atoms with van der Waals surface area (Å²) >= 11 is 0. The topological polar surface area (TPSA) is 72.1 Å². The molecule has 2 N–H and O–H groups in total. The first-order chi connectivity index (χ1) is 11.4. The van der Waals surface area contributed by atoms with E-state index >= 15 is 0 Å². The van der Waals surface area contributed by atoms with Gasteiger partial charge in [-0.2, -0.15) is 13.2 Å². The molecule has 1 fully saturated rings. The van der Waals surface area contributed by atoms with Crippen molar-refractivity contribution >= 4 is 11.7 Å². The molecule has 0 saturated carbocycles. The quantitative estimate of drug-likeness (QED) is 0.915. The van der Waals surface area contributed by atoms with Gasteiger partial charge in [-0.25, -0.2) is 9.97 Å². The zero-order chi connectivity index (χ0) is 17.3. The van der Waals surface area contributed by atoms with E-state index < -0.39 is 23.7 Å². The maximum absolute atomic E-state index is 13.3. The minimum atomic E-state index is -4.47. The lowest BCUT2D eigenvalue weighted by Gasteiger charge is -2.27. The van der Waals surface area contributed by atoms with E-state index in [1.807, 2.05) is 0 Å². The second-order valence-corrected chi connectivity index (χ2v) is 5.53. The number of anilines is 1. The van der Waals surface area contributed by atoms with Crippen LogP contribution in [-0.2, 0) is 6.18 Å². The SMILES string of the molecule is Nc1nccnc1C(=O)N1CCCC1c1ccccc1C(F)(F)F. The molecular weight excluding hydrogens is 321 g/mol. The van der Waals surface area contributed by atoms with E-state index in [1.54, 1.807) is 6.07 Å². The summed E-state index contributed by atoms with van der Waals surface area (Å²) in [5.74, 6) is -0.530. The predicted octanol–water partition coefficient (Wildman–Crippen LogP) is 3.05. The van der Waals surface area contributed by atoms with Crippen molar-refractivity contribution in [2.75, 3.05) is 12.3 Å². The highest BCUT2D eigenvalue weighted by Crippen LogP contribution is 2.40. The van der Waals surface area contributed by atoms with Gasteiger partial charge < -0.3 is 10.6 Å². The third-order valence-corrected chi connectivity index (χ3v) is 4.07. The molecule has 1 aliphatic heterocycles. The fourth-order valence-electron chi connectivity index (χ4n) is 3.03. The highest BCUT2D eigenvalue weighted by Gasteiger charge is 2.39. The van der Waals surface area contributed by atoms with Crippen molar-refractivity contribution < 1.29 is 18.0 Å². The van der Waals surface area contributed by atoms with E-state index in [0.29, 0.717) is 19.4 Å². The molecular formula is C16H15F3N4O. The van der Waals surface area contributed by atoms with Crippen molar-refractivity contribution in [1.29, 1.82) is 0 Å². The van der Waals surface area contributed by atoms with Crippen LogP contribution < -0.4 is 5.73 Å². The van der Waals surface area contributed by atoms with Crippen LogP contribution in [0.15, 0.2) is 36.7 Å². The Morgan fingerprint density at radius 3 is 2.62 bits per heavy atom. The number of carbonyl (C=O) groups is 1. The first-order valence-electron chi connectivity index (χ1n) is 7.43. The lowest BCUT2D eigenvalue weighted by atomic mass is 9.98. The van der Waals surface area contributed by atoms with Crippen LogP contribution in [0.25, 0.3) is 0 Å². The van der Waals surface area contributed by atoms with E-state index in [-0.39, 0.29) is 17.1 Å². The minimum Gasteiger partial charge on any atom is -0.382 e. The predicted molar refractivity (Wildman–Crippen MR) is 80.9 cm³/mol. The molecule has 2 aromatic rings. The van der Waals surface area contributed by atoms with Crippen LogP contribution in [0.1, 0.15) is 40.5 Å². The summed E-state index contributed by atoms with van der Waals surface area (Å²) in [5.41, 5.74) is 5.01. The van der Waals surface area contributed by atoms with Gasteiger partial charge in [-0.15, -0.1) is 0 Å². The molecule has 24 heavy (non-hydrogen) atoms. The number of alkyl halides is 3. The molecule has 1 aliphatic rings. The van der Waals surface area contributed by atoms with Crippen LogP contribution in [0.2, 0.25) is 0 Å². The number of aromatic nitrogens is 2. The van der Waals surface area contributed by atoms with Gasteiger partial charge in [0.15, 0.2) is 11.5 Å². The van der Waals surface area contributed by atoms with Gasteiger partial charge in [0.1, 0.15) is 0 Å². The number of nitrogens with two attached hydrogens (primary N) is 1. The Hall–Kier alpha value is -2.64. The molecule has 5 nitrogen and oxygen atoms in total. The average Bonchev–Trinajstić information content (AvgIpc) is 3.03. The summed E-state index contributed by atoms with van der Waals surface area (Å²) in [7, 11) is 0. The molecule has 1 unspecified atom stereocenters. The Balaban J connectivity index is 1.98. The van der Waals surface area contributed by atoms with E-state index in [1.165, 1.54) is 29.4 Å². The number of likely N-dealkylation sites (tertiary alicyclic amines) is 1. The normalized spacial score (nSPS) is 18.0. The molecule has 1 aromatic carbocycles. The summed E-state index contributed by atoms with van der Waals surface area (Å²) in [6.07, 6.45) is -0.716. The van der Waals surface area contributed by atoms with Crippen molar-refractivity contribution in [3.05, 3.63) is 53.5 Å². The number of benzene rings is 1. The maximum atomic E-state index is 13.3. The van der Waals surface area contributed by atoms with Gasteiger partial charge in [0, 0.05) is 18.9 Å². The van der Waals surface area contributed by atoms with Gasteiger partial charge in [0.2, 0.25) is 0 Å². The van der Waals surface area contributed by atoms with Gasteiger partial charge in [0.05, 0.1) is 11.6 Å². The van der Waals surface area contributed by atoms with Crippen molar-refractivity contribution in [1.82, 2.24) is 14.9 Å². The number of nitrogens with zero attached hydrogens (tertiary/aromatic N) is 3. The number of halogens is 3. The molecule has 1 saturated heterocycles. The van der Waals surface area contributed by atoms with Gasteiger partial charge in [-0.3, -0.25) is 4.79 Å². The van der Waals surface area contributed by atoms with Gasteiger partial charge >= 0.3 is 6.18 Å². The number of hydrogen-bond donors (Lipinski definition) is 1. The second kappa shape index (κ2) is 6.10. The largest absolute Gasteiger partial charge is 0.416 e. The number of hydrogen-bond acceptors (Lipinski definition) is 4. The van der Waals surface area contributed by atoms with Crippen LogP contribution in [0, 0.1) is 0 Å². The summed E-state index contributed by atoms with van der Waals surface area (Å²) in [6.45, 7) is 0.353. The van der Waals surface area contributed by atoms with Crippen LogP contribution in [-0.4, -0.2) is 27.3 Å². The number of amides is 1. The lowest BCUT2D eigenvalue weighted by molar-refractivity contribution is -0.138. The summed E-state index contributed by atoms with van der Waals surface area (Å²) in [5, 5.41) is 0. The van der Waals surface area contributed by atoms with E-state index in [0.717, 1.165) is 6.07 Å². The molecule has 126 valence electrons. The molecule has 0 radical (unpaired) electrons. The van der Waals surface area contributed by atoms with Crippen molar-refractivity contribution in [2.45, 2.75) is 25.1 Å². The summed E-state index contributed by atoms with van der Waals surface area (Å²) in [6, 6.07) is 4.68. The smallest absolute Gasteiger partial charge is 0.382 e. The molecule has 2 heterocycles. The molecule has 8 heteroatoms. The summed E-state index contributed by atoms with van der Waals surface area (Å²) in [4.78, 5) is 21.8. The zero-order valence-electron chi connectivity index (χ0n) is 12.6. The molecule has 1 aromatic heterocycles. The Labute approximate surface area is 136 Å². The van der Waals surface area contributed by atoms with Crippen molar-refractivity contribution in [3.8, 4) is 0 Å². The Morgan fingerprint density at radius 2 is 1.92 bits per heavy atom. The van der Waals surface area contributed by atoms with Crippen LogP contribution in [0.5, 0.6) is 0 Å². The van der Waals surface area contributed by atoms with Crippen LogP contribution >= 0.6 is 0 Å². The molecule has 0 bridgehead atoms. The van der Waals surface area contributed by atoms with E-state index in [9.17, 15) is 18.0 Å². The Kier molecular flexibility index (Phi) is 4.13. The Bertz CT molecular complexity index is 763. The average molecular weight is 336 g/mol. The first kappa shape index (κ1) is 16.2. The van der Waals surface area contributed by atoms with Crippen LogP contribution in [0.3, 0.4) is 0 Å². The number of rotatable bonds is 2. The fraction of sp³-hybridized carbons (Fsp3) is 0.312. The zero-order valence-corrected chi connectivity index (χ0v) is 12.6. The first-order valence-corrected chi connectivity index (χ1v) is 7.43. The standard InChI is InChI=1S/C16H15F3N4O/c17-16(18,19)11-5-2-1-4-10(11)12-6-3-9-23(12)15(24)13-14(20)22-8-7-21-13/h1-2,4-5,7-8,12H,3,6,9H2,(H2,20,22). The third-order valence-electron chi connectivity index (χ3n) is 4.07. The van der Waals surface area contributed by atoms with E-state index in [4.69, 9.17) is 5.73 Å². The van der Waals surface area contributed by atoms with Gasteiger partial charge in [-0.1, -0.05) is 18.2 Å². The number of carbonyl (C=O) groups excluding carboxylic acids is 1. The van der Waals surface area contributed by atoms with Gasteiger partial charge in [0.25, 0.3) is 5.91 Å². The summed E-state index contributed by atoms with van der Waals surface area (Å²) < 4.78 is 39.8. The Morgan fingerprint density at radius 1 is 1.21 bits per heavy atom. The molecule has 1 amide bonds. The van der Waals surface area contributed by atoms with Crippen molar-refractivity contribution in [3.63, 3.8) is 0 Å². The van der Waals surface area contributed by atoms with Crippen LogP contribution in [0.4, 0.5) is 19.0 Å². The van der Waals surface area contributed by atoms with Crippen molar-refractivity contribution in [2.24, 2.45) is 0 Å². The minimum absolute atomic E-state index is 0.0303. The highest BCUT2D eigenvalue weighted by molar-refractivity contribution is 5.96. The van der Waals surface area contributed by atoms with Gasteiger partial charge in [-0.05, 0) is 24.5 Å². The molecule has 3 rings (SSSR count). The third kappa shape index (κ3) is 2.91. The lowest BCUT2D eigenvalue weighted by Crippen LogP contribution is -2.33. The van der Waals surface area contributed by atoms with E-state index in [2.05, 4.69) is 9.97 Å². The monoisotopic (exact) mass is 336 g/mol. The molecule has 0 spiro atoms. The molecule has 1 atom stereocenters. The number of nitrogen functional groups attached to an aromatic ring is 1. The fourth-order valence-corrected chi connectivity index (χ4v) is 3.03. The maximum Gasteiger partial charge on any atom is 0.416 e. The molecule has 0 aliphatic carbocycles. The second-order valence-electron chi connectivity index (χ2n) is 5.53.